The Hall–Kier alpha value is -3.10. The number of aliphatic hydroxyl groups excluding tert-OH is 1. The zero-order chi connectivity index (χ0) is 24.5. The second-order valence-corrected chi connectivity index (χ2v) is 10.6. The summed E-state index contributed by atoms with van der Waals surface area (Å²) < 4.78 is 1.12. The third kappa shape index (κ3) is 5.13. The van der Waals surface area contributed by atoms with Gasteiger partial charge in [-0.2, -0.15) is 4.98 Å². The fourth-order valence-corrected chi connectivity index (χ4v) is 6.01. The molecule has 3 heterocycles. The van der Waals surface area contributed by atoms with Crippen LogP contribution in [-0.2, 0) is 6.54 Å². The van der Waals surface area contributed by atoms with E-state index >= 15 is 0 Å². The summed E-state index contributed by atoms with van der Waals surface area (Å²) >= 11 is 1.66. The lowest BCUT2D eigenvalue weighted by Gasteiger charge is -2.18. The minimum absolute atomic E-state index is 0.237. The molecule has 0 bridgehead atoms. The Balaban J connectivity index is 1.51. The topological polar surface area (TPSA) is 95.9 Å². The summed E-state index contributed by atoms with van der Waals surface area (Å²) in [4.78, 5) is 19.3. The van der Waals surface area contributed by atoms with Gasteiger partial charge in [-0.25, -0.2) is 9.97 Å². The molecule has 182 valence electrons. The molecule has 1 aliphatic carbocycles. The summed E-state index contributed by atoms with van der Waals surface area (Å²) in [7, 11) is 0. The first-order valence-electron chi connectivity index (χ1n) is 12.2. The van der Waals surface area contributed by atoms with E-state index in [9.17, 15) is 5.11 Å². The summed E-state index contributed by atoms with van der Waals surface area (Å²) in [6, 6.07) is 10.8. The van der Waals surface area contributed by atoms with E-state index < -0.39 is 0 Å². The number of fused-ring (bicyclic) bond motifs is 1. The number of hydrogen-bond acceptors (Lipinski definition) is 8. The molecule has 3 N–H and O–H groups in total. The van der Waals surface area contributed by atoms with Crippen LogP contribution in [0.2, 0.25) is 0 Å². The number of aliphatic hydroxyl groups is 1. The molecule has 1 aromatic carbocycles. The van der Waals surface area contributed by atoms with Crippen LogP contribution in [-0.4, -0.2) is 37.7 Å². The lowest BCUT2D eigenvalue weighted by molar-refractivity contribution is 0.229. The van der Waals surface area contributed by atoms with Crippen LogP contribution in [0.5, 0.6) is 0 Å². The molecule has 35 heavy (non-hydrogen) atoms. The Morgan fingerprint density at radius 3 is 2.51 bits per heavy atom. The molecule has 0 amide bonds. The first kappa shape index (κ1) is 23.6. The van der Waals surface area contributed by atoms with Gasteiger partial charge in [0.15, 0.2) is 0 Å². The molecule has 0 saturated heterocycles. The molecule has 2 atom stereocenters. The Kier molecular flexibility index (Phi) is 6.67. The normalized spacial score (nSPS) is 17.7. The Labute approximate surface area is 210 Å². The van der Waals surface area contributed by atoms with Gasteiger partial charge in [-0.1, -0.05) is 29.8 Å². The maximum Gasteiger partial charge on any atom is 0.225 e. The highest BCUT2D eigenvalue weighted by Crippen LogP contribution is 2.38. The minimum atomic E-state index is 0.237. The van der Waals surface area contributed by atoms with Crippen molar-refractivity contribution in [2.45, 2.75) is 59.5 Å². The molecule has 0 radical (unpaired) electrons. The SMILES string of the molecule is Cc1ccc(CNc2nc(C)c(-c3nc4c(C)nc(C)cc4s3)c(NC3CCC(CO)C3)n2)cc1. The van der Waals surface area contributed by atoms with Gasteiger partial charge in [-0.3, -0.25) is 4.98 Å². The van der Waals surface area contributed by atoms with Gasteiger partial charge in [-0.05, 0) is 64.5 Å². The van der Waals surface area contributed by atoms with Crippen molar-refractivity contribution in [3.8, 4) is 10.6 Å². The monoisotopic (exact) mass is 488 g/mol. The van der Waals surface area contributed by atoms with Crippen LogP contribution in [0, 0.1) is 33.6 Å². The van der Waals surface area contributed by atoms with Crippen LogP contribution in [0.15, 0.2) is 30.3 Å². The number of pyridine rings is 1. The van der Waals surface area contributed by atoms with Crippen LogP contribution < -0.4 is 10.6 Å². The van der Waals surface area contributed by atoms with Crippen molar-refractivity contribution in [3.63, 3.8) is 0 Å². The van der Waals surface area contributed by atoms with Crippen LogP contribution in [0.4, 0.5) is 11.8 Å². The highest BCUT2D eigenvalue weighted by molar-refractivity contribution is 7.21. The Bertz CT molecular complexity index is 1350. The fourth-order valence-electron chi connectivity index (χ4n) is 4.80. The highest BCUT2D eigenvalue weighted by Gasteiger charge is 2.27. The second kappa shape index (κ2) is 9.87. The van der Waals surface area contributed by atoms with Crippen LogP contribution >= 0.6 is 11.3 Å². The first-order valence-corrected chi connectivity index (χ1v) is 13.0. The number of nitrogens with zero attached hydrogens (tertiary/aromatic N) is 4. The number of rotatable bonds is 7. The van der Waals surface area contributed by atoms with E-state index in [4.69, 9.17) is 15.0 Å². The summed E-state index contributed by atoms with van der Waals surface area (Å²) in [6.45, 7) is 9.02. The number of aryl methyl sites for hydroxylation is 4. The summed E-state index contributed by atoms with van der Waals surface area (Å²) in [5.74, 6) is 1.74. The van der Waals surface area contributed by atoms with Gasteiger partial charge < -0.3 is 15.7 Å². The molecular weight excluding hydrogens is 456 g/mol. The maximum atomic E-state index is 9.62. The molecule has 3 aromatic heterocycles. The molecule has 8 heteroatoms. The number of aromatic nitrogens is 4. The number of hydrogen-bond donors (Lipinski definition) is 3. The number of benzene rings is 1. The summed E-state index contributed by atoms with van der Waals surface area (Å²) in [5, 5.41) is 17.6. The molecule has 2 unspecified atom stereocenters. The predicted octanol–water partition coefficient (Wildman–Crippen LogP) is 5.57. The number of thiazole rings is 1. The standard InChI is InChI=1S/C27H32N6OS/c1-15-5-7-19(8-6-15)13-28-27-30-17(3)23(25(33-27)31-21-10-9-20(12-21)14-34)26-32-24-18(4)29-16(2)11-22(24)35-26/h5-8,11,20-21,34H,9-10,12-14H2,1-4H3,(H2,28,30,31,33). The zero-order valence-corrected chi connectivity index (χ0v) is 21.5. The zero-order valence-electron chi connectivity index (χ0n) is 20.7. The van der Waals surface area contributed by atoms with Crippen molar-refractivity contribution in [1.82, 2.24) is 19.9 Å². The van der Waals surface area contributed by atoms with E-state index in [0.717, 1.165) is 62.9 Å². The number of anilines is 2. The Morgan fingerprint density at radius 2 is 1.77 bits per heavy atom. The maximum absolute atomic E-state index is 9.62. The van der Waals surface area contributed by atoms with E-state index in [1.807, 2.05) is 20.8 Å². The van der Waals surface area contributed by atoms with Gasteiger partial charge >= 0.3 is 0 Å². The van der Waals surface area contributed by atoms with Crippen molar-refractivity contribution in [2.24, 2.45) is 5.92 Å². The predicted molar refractivity (Wildman–Crippen MR) is 143 cm³/mol. The smallest absolute Gasteiger partial charge is 0.225 e. The molecule has 1 aliphatic rings. The van der Waals surface area contributed by atoms with Crippen molar-refractivity contribution in [3.05, 3.63) is 58.5 Å². The summed E-state index contributed by atoms with van der Waals surface area (Å²) in [5.41, 5.74) is 7.11. The highest BCUT2D eigenvalue weighted by atomic mass is 32.1. The van der Waals surface area contributed by atoms with E-state index in [1.165, 1.54) is 11.1 Å². The van der Waals surface area contributed by atoms with Crippen LogP contribution in [0.1, 0.15) is 47.5 Å². The van der Waals surface area contributed by atoms with Crippen molar-refractivity contribution < 1.29 is 5.11 Å². The molecule has 0 spiro atoms. The molecule has 4 aromatic rings. The lowest BCUT2D eigenvalue weighted by Crippen LogP contribution is -2.19. The second-order valence-electron chi connectivity index (χ2n) is 9.61. The number of nitrogens with one attached hydrogen (secondary N) is 2. The average molecular weight is 489 g/mol. The van der Waals surface area contributed by atoms with Crippen molar-refractivity contribution >= 4 is 33.3 Å². The summed E-state index contributed by atoms with van der Waals surface area (Å²) in [6.07, 6.45) is 2.98. The van der Waals surface area contributed by atoms with E-state index in [-0.39, 0.29) is 12.6 Å². The van der Waals surface area contributed by atoms with Gasteiger partial charge in [0, 0.05) is 24.9 Å². The molecule has 7 nitrogen and oxygen atoms in total. The average Bonchev–Trinajstić information content (AvgIpc) is 3.45. The van der Waals surface area contributed by atoms with Gasteiger partial charge in [0.1, 0.15) is 16.3 Å². The molecule has 0 aliphatic heterocycles. The quantitative estimate of drug-likeness (QED) is 0.313. The van der Waals surface area contributed by atoms with Crippen LogP contribution in [0.3, 0.4) is 0 Å². The molecular formula is C27H32N6OS. The largest absolute Gasteiger partial charge is 0.396 e. The van der Waals surface area contributed by atoms with Crippen molar-refractivity contribution in [2.75, 3.05) is 17.2 Å². The molecule has 5 rings (SSSR count). The third-order valence-corrected chi connectivity index (χ3v) is 7.72. The molecule has 1 fully saturated rings. The van der Waals surface area contributed by atoms with E-state index in [1.54, 1.807) is 11.3 Å². The minimum Gasteiger partial charge on any atom is -0.396 e. The third-order valence-electron chi connectivity index (χ3n) is 6.70. The fraction of sp³-hybridized carbons (Fsp3) is 0.407. The van der Waals surface area contributed by atoms with E-state index in [2.05, 4.69) is 52.9 Å². The van der Waals surface area contributed by atoms with Gasteiger partial charge in [0.25, 0.3) is 0 Å². The van der Waals surface area contributed by atoms with E-state index in [0.29, 0.717) is 18.4 Å². The van der Waals surface area contributed by atoms with Gasteiger partial charge in [-0.15, -0.1) is 11.3 Å². The lowest BCUT2D eigenvalue weighted by atomic mass is 10.1. The first-order chi connectivity index (χ1) is 16.9. The van der Waals surface area contributed by atoms with Crippen LogP contribution in [0.25, 0.3) is 20.8 Å². The van der Waals surface area contributed by atoms with Crippen molar-refractivity contribution in [1.29, 1.82) is 0 Å². The van der Waals surface area contributed by atoms with Gasteiger partial charge in [0.05, 0.1) is 21.7 Å². The Morgan fingerprint density at radius 1 is 0.971 bits per heavy atom. The van der Waals surface area contributed by atoms with Gasteiger partial charge in [0.2, 0.25) is 5.95 Å². The molecule has 1 saturated carbocycles.